The van der Waals surface area contributed by atoms with Crippen molar-refractivity contribution in [3.8, 4) is 0 Å². The van der Waals surface area contributed by atoms with Crippen molar-refractivity contribution in [1.82, 2.24) is 9.97 Å². The second-order valence-electron chi connectivity index (χ2n) is 2.81. The van der Waals surface area contributed by atoms with Gasteiger partial charge in [-0.05, 0) is 6.07 Å². The topological polar surface area (TPSA) is 38.2 Å². The summed E-state index contributed by atoms with van der Waals surface area (Å²) in [5.74, 6) is 0.597. The van der Waals surface area contributed by atoms with Crippen LogP contribution in [0.15, 0.2) is 6.07 Å². The van der Waals surface area contributed by atoms with Gasteiger partial charge in [0.25, 0.3) is 0 Å². The molecule has 0 aromatic carbocycles. The van der Waals surface area contributed by atoms with Crippen LogP contribution in [-0.2, 0) is 11.3 Å². The van der Waals surface area contributed by atoms with Crippen LogP contribution in [0.1, 0.15) is 5.69 Å². The quantitative estimate of drug-likeness (QED) is 0.692. The molecule has 0 aliphatic carbocycles. The summed E-state index contributed by atoms with van der Waals surface area (Å²) in [6.45, 7) is 0.448. The van der Waals surface area contributed by atoms with Gasteiger partial charge >= 0.3 is 0 Å². The molecule has 0 aliphatic rings. The minimum atomic E-state index is 0.436. The summed E-state index contributed by atoms with van der Waals surface area (Å²) in [4.78, 5) is 10.1. The maximum Gasteiger partial charge on any atom is 0.226 e. The molecule has 0 bridgehead atoms. The molecule has 4 nitrogen and oxygen atoms in total. The van der Waals surface area contributed by atoms with Crippen molar-refractivity contribution in [2.45, 2.75) is 6.61 Å². The summed E-state index contributed by atoms with van der Waals surface area (Å²) in [5.41, 5.74) is 0.784. The van der Waals surface area contributed by atoms with Gasteiger partial charge < -0.3 is 9.64 Å². The van der Waals surface area contributed by atoms with Gasteiger partial charge in [-0.15, -0.1) is 0 Å². The Morgan fingerprint density at radius 3 is 2.69 bits per heavy atom. The van der Waals surface area contributed by atoms with Gasteiger partial charge in [0.2, 0.25) is 5.95 Å². The van der Waals surface area contributed by atoms with Crippen LogP contribution in [0.25, 0.3) is 0 Å². The van der Waals surface area contributed by atoms with E-state index < -0.39 is 0 Å². The van der Waals surface area contributed by atoms with E-state index in [2.05, 4.69) is 9.97 Å². The summed E-state index contributed by atoms with van der Waals surface area (Å²) in [5, 5.41) is 0.436. The number of ether oxygens (including phenoxy) is 1. The van der Waals surface area contributed by atoms with Gasteiger partial charge in [0, 0.05) is 21.2 Å². The number of hydrogen-bond donors (Lipinski definition) is 0. The van der Waals surface area contributed by atoms with E-state index >= 15 is 0 Å². The van der Waals surface area contributed by atoms with Crippen molar-refractivity contribution in [3.05, 3.63) is 16.9 Å². The van der Waals surface area contributed by atoms with Gasteiger partial charge in [0.05, 0.1) is 12.3 Å². The van der Waals surface area contributed by atoms with Gasteiger partial charge in [0.1, 0.15) is 5.15 Å². The van der Waals surface area contributed by atoms with E-state index in [4.69, 9.17) is 16.3 Å². The molecule has 1 aromatic heterocycles. The third kappa shape index (κ3) is 2.82. The average molecular weight is 202 g/mol. The zero-order valence-corrected chi connectivity index (χ0v) is 8.67. The van der Waals surface area contributed by atoms with Gasteiger partial charge in [-0.25, -0.2) is 9.97 Å². The molecule has 0 saturated carbocycles. The second-order valence-corrected chi connectivity index (χ2v) is 3.20. The average Bonchev–Trinajstić information content (AvgIpc) is 2.03. The molecule has 0 N–H and O–H groups in total. The Kier molecular flexibility index (Phi) is 3.45. The summed E-state index contributed by atoms with van der Waals surface area (Å²) in [7, 11) is 5.34. The summed E-state index contributed by atoms with van der Waals surface area (Å²) >= 11 is 5.80. The molecule has 5 heteroatoms. The fourth-order valence-electron chi connectivity index (χ4n) is 0.873. The third-order valence-electron chi connectivity index (χ3n) is 1.43. The molecule has 72 valence electrons. The van der Waals surface area contributed by atoms with E-state index in [1.807, 2.05) is 14.1 Å². The highest BCUT2D eigenvalue weighted by atomic mass is 35.5. The lowest BCUT2D eigenvalue weighted by molar-refractivity contribution is 0.181. The molecular formula is C8H12ClN3O. The molecule has 1 heterocycles. The molecule has 0 radical (unpaired) electrons. The molecule has 0 aliphatic heterocycles. The fourth-order valence-corrected chi connectivity index (χ4v) is 1.07. The van der Waals surface area contributed by atoms with Crippen molar-refractivity contribution < 1.29 is 4.74 Å². The van der Waals surface area contributed by atoms with E-state index in [9.17, 15) is 0 Å². The highest BCUT2D eigenvalue weighted by Gasteiger charge is 2.04. The fraction of sp³-hybridized carbons (Fsp3) is 0.500. The van der Waals surface area contributed by atoms with Crippen LogP contribution in [0.2, 0.25) is 5.15 Å². The van der Waals surface area contributed by atoms with Gasteiger partial charge in [-0.2, -0.15) is 0 Å². The zero-order valence-electron chi connectivity index (χ0n) is 7.91. The second kappa shape index (κ2) is 4.39. The van der Waals surface area contributed by atoms with E-state index in [0.717, 1.165) is 5.69 Å². The van der Waals surface area contributed by atoms with E-state index in [0.29, 0.717) is 17.7 Å². The Morgan fingerprint density at radius 1 is 1.46 bits per heavy atom. The largest absolute Gasteiger partial charge is 0.378 e. The minimum absolute atomic E-state index is 0.436. The predicted molar refractivity (Wildman–Crippen MR) is 52.1 cm³/mol. The van der Waals surface area contributed by atoms with Crippen molar-refractivity contribution in [2.75, 3.05) is 26.1 Å². The monoisotopic (exact) mass is 201 g/mol. The van der Waals surface area contributed by atoms with Crippen LogP contribution >= 0.6 is 11.6 Å². The number of halogens is 1. The van der Waals surface area contributed by atoms with Crippen LogP contribution in [-0.4, -0.2) is 31.2 Å². The summed E-state index contributed by atoms with van der Waals surface area (Å²) in [6.07, 6.45) is 0. The Balaban J connectivity index is 2.96. The van der Waals surface area contributed by atoms with Crippen LogP contribution in [0, 0.1) is 0 Å². The normalized spacial score (nSPS) is 10.2. The summed E-state index contributed by atoms with van der Waals surface area (Å²) < 4.78 is 4.95. The number of hydrogen-bond acceptors (Lipinski definition) is 4. The highest BCUT2D eigenvalue weighted by molar-refractivity contribution is 6.29. The zero-order chi connectivity index (χ0) is 9.84. The lowest BCUT2D eigenvalue weighted by Crippen LogP contribution is -2.13. The Bertz CT molecular complexity index is 291. The number of methoxy groups -OCH3 is 1. The minimum Gasteiger partial charge on any atom is -0.378 e. The van der Waals surface area contributed by atoms with Crippen LogP contribution in [0.3, 0.4) is 0 Å². The van der Waals surface area contributed by atoms with Crippen LogP contribution < -0.4 is 4.90 Å². The first-order valence-corrected chi connectivity index (χ1v) is 4.21. The molecule has 0 atom stereocenters. The molecule has 1 aromatic rings. The number of rotatable bonds is 3. The molecular weight excluding hydrogens is 190 g/mol. The molecule has 0 saturated heterocycles. The molecule has 0 spiro atoms. The van der Waals surface area contributed by atoms with Crippen molar-refractivity contribution in [1.29, 1.82) is 0 Å². The van der Waals surface area contributed by atoms with Gasteiger partial charge in [-0.3, -0.25) is 0 Å². The predicted octanol–water partition coefficient (Wildman–Crippen LogP) is 1.34. The van der Waals surface area contributed by atoms with Crippen molar-refractivity contribution in [2.24, 2.45) is 0 Å². The van der Waals surface area contributed by atoms with E-state index in [1.54, 1.807) is 18.1 Å². The smallest absolute Gasteiger partial charge is 0.226 e. The van der Waals surface area contributed by atoms with Gasteiger partial charge in [-0.1, -0.05) is 11.6 Å². The molecule has 1 rings (SSSR count). The molecule has 0 amide bonds. The van der Waals surface area contributed by atoms with Crippen molar-refractivity contribution in [3.63, 3.8) is 0 Å². The Labute approximate surface area is 82.5 Å². The lowest BCUT2D eigenvalue weighted by atomic mass is 10.4. The Morgan fingerprint density at radius 2 is 2.15 bits per heavy atom. The van der Waals surface area contributed by atoms with Crippen LogP contribution in [0.5, 0.6) is 0 Å². The number of nitrogens with zero attached hydrogens (tertiary/aromatic N) is 3. The first-order chi connectivity index (χ1) is 6.13. The lowest BCUT2D eigenvalue weighted by Gasteiger charge is -2.11. The molecule has 0 unspecified atom stereocenters. The first kappa shape index (κ1) is 10.2. The van der Waals surface area contributed by atoms with Crippen LogP contribution in [0.4, 0.5) is 5.95 Å². The number of anilines is 1. The highest BCUT2D eigenvalue weighted by Crippen LogP contribution is 2.12. The number of aromatic nitrogens is 2. The van der Waals surface area contributed by atoms with Gasteiger partial charge in [0.15, 0.2) is 0 Å². The first-order valence-electron chi connectivity index (χ1n) is 3.83. The SMILES string of the molecule is COCc1cc(Cl)nc(N(C)C)n1. The molecule has 0 fully saturated rings. The Hall–Kier alpha value is -0.870. The van der Waals surface area contributed by atoms with E-state index in [1.165, 1.54) is 0 Å². The maximum atomic E-state index is 5.80. The standard InChI is InChI=1S/C8H12ClN3O/c1-12(2)8-10-6(5-13-3)4-7(9)11-8/h4H,5H2,1-3H3. The molecule has 13 heavy (non-hydrogen) atoms. The summed E-state index contributed by atoms with van der Waals surface area (Å²) in [6, 6.07) is 1.69. The third-order valence-corrected chi connectivity index (χ3v) is 1.62. The van der Waals surface area contributed by atoms with E-state index in [-0.39, 0.29) is 0 Å². The van der Waals surface area contributed by atoms with Crippen molar-refractivity contribution >= 4 is 17.5 Å². The maximum absolute atomic E-state index is 5.80.